The Morgan fingerprint density at radius 3 is 2.26 bits per heavy atom. The van der Waals surface area contributed by atoms with Crippen LogP contribution >= 0.6 is 0 Å². The molecule has 0 atom stereocenters. The summed E-state index contributed by atoms with van der Waals surface area (Å²) in [6, 6.07) is 20.3. The van der Waals surface area contributed by atoms with E-state index >= 15 is 0 Å². The van der Waals surface area contributed by atoms with Crippen LogP contribution in [0.15, 0.2) is 73.1 Å². The fourth-order valence-corrected chi connectivity index (χ4v) is 2.64. The van der Waals surface area contributed by atoms with Crippen LogP contribution in [-0.2, 0) is 19.7 Å². The molecule has 0 saturated carbocycles. The molecule has 1 N–H and O–H groups in total. The normalized spacial score (nSPS) is 10.1. The lowest BCUT2D eigenvalue weighted by molar-refractivity contribution is -0.00000613. The molecule has 0 bridgehead atoms. The summed E-state index contributed by atoms with van der Waals surface area (Å²) in [6.45, 7) is 4.69. The molecule has 5 heteroatoms. The van der Waals surface area contributed by atoms with Gasteiger partial charge in [0.15, 0.2) is 11.5 Å². The summed E-state index contributed by atoms with van der Waals surface area (Å²) in [5, 5.41) is 3.44. The third-order valence-corrected chi connectivity index (χ3v) is 3.95. The first-order valence-electron chi connectivity index (χ1n) is 8.87. The number of aromatic nitrogens is 1. The van der Waals surface area contributed by atoms with Gasteiger partial charge in [-0.25, -0.2) is 0 Å². The fourth-order valence-electron chi connectivity index (χ4n) is 2.64. The van der Waals surface area contributed by atoms with Gasteiger partial charge in [0.25, 0.3) is 0 Å². The van der Waals surface area contributed by atoms with Gasteiger partial charge in [-0.3, -0.25) is 4.98 Å². The van der Waals surface area contributed by atoms with Gasteiger partial charge in [-0.05, 0) is 47.9 Å². The number of nitrogens with one attached hydrogen (secondary N) is 1. The highest BCUT2D eigenvalue weighted by Crippen LogP contribution is 2.29. The maximum Gasteiger partial charge on any atom is 0.161 e. The van der Waals surface area contributed by atoms with Crippen LogP contribution in [0.5, 0.6) is 11.5 Å². The molecule has 0 aliphatic heterocycles. The molecule has 0 aliphatic carbocycles. The molecule has 0 amide bonds. The van der Waals surface area contributed by atoms with Crippen LogP contribution in [0, 0.1) is 0 Å². The standard InChI is InChI=1S/C22H24N2O2.ClH/c1-2-25-22-14-20(16-24-15-18-10-12-23-13-11-18)8-9-21(22)26-17-19-6-4-3-5-7-19;/h3-14,24H,2,15-17H2,1H3;1H/p-1. The third-order valence-electron chi connectivity index (χ3n) is 3.95. The lowest BCUT2D eigenvalue weighted by Gasteiger charge is -2.14. The first-order chi connectivity index (χ1) is 12.8. The number of ether oxygens (including phenoxy) is 2. The van der Waals surface area contributed by atoms with Crippen molar-refractivity contribution in [1.82, 2.24) is 10.3 Å². The van der Waals surface area contributed by atoms with Gasteiger partial charge in [-0.15, -0.1) is 0 Å². The van der Waals surface area contributed by atoms with Crippen molar-refractivity contribution >= 4 is 0 Å². The Labute approximate surface area is 167 Å². The summed E-state index contributed by atoms with van der Waals surface area (Å²) in [5.41, 5.74) is 3.51. The van der Waals surface area contributed by atoms with E-state index in [1.54, 1.807) is 0 Å². The zero-order valence-electron chi connectivity index (χ0n) is 15.4. The SMILES string of the molecule is CCOc1cc(CNCc2ccncc2)ccc1OCc1ccccc1.[Cl-]. The Balaban J connectivity index is 0.00000261. The summed E-state index contributed by atoms with van der Waals surface area (Å²) < 4.78 is 11.7. The van der Waals surface area contributed by atoms with Crippen molar-refractivity contribution in [3.8, 4) is 11.5 Å². The molecule has 3 aromatic rings. The number of halogens is 1. The highest BCUT2D eigenvalue weighted by Gasteiger charge is 2.07. The first-order valence-corrected chi connectivity index (χ1v) is 8.87. The van der Waals surface area contributed by atoms with E-state index in [-0.39, 0.29) is 12.4 Å². The average Bonchev–Trinajstić information content (AvgIpc) is 2.69. The molecular weight excluding hydrogens is 360 g/mol. The molecule has 0 unspecified atom stereocenters. The highest BCUT2D eigenvalue weighted by molar-refractivity contribution is 5.43. The zero-order valence-corrected chi connectivity index (χ0v) is 16.2. The Hall–Kier alpha value is -2.56. The molecule has 1 aromatic heterocycles. The minimum absolute atomic E-state index is 0. The summed E-state index contributed by atoms with van der Waals surface area (Å²) in [4.78, 5) is 4.03. The minimum Gasteiger partial charge on any atom is -1.00 e. The van der Waals surface area contributed by atoms with E-state index in [1.807, 2.05) is 61.8 Å². The zero-order chi connectivity index (χ0) is 18.0. The number of benzene rings is 2. The Morgan fingerprint density at radius 2 is 1.52 bits per heavy atom. The second kappa shape index (κ2) is 11.2. The predicted octanol–water partition coefficient (Wildman–Crippen LogP) is 1.35. The van der Waals surface area contributed by atoms with Gasteiger partial charge in [-0.1, -0.05) is 36.4 Å². The Morgan fingerprint density at radius 1 is 0.778 bits per heavy atom. The molecule has 0 saturated heterocycles. The Kier molecular flexibility index (Phi) is 8.62. The molecule has 0 fully saturated rings. The van der Waals surface area contributed by atoms with Gasteiger partial charge < -0.3 is 27.2 Å². The number of pyridine rings is 1. The van der Waals surface area contributed by atoms with Crippen LogP contribution in [0.1, 0.15) is 23.6 Å². The largest absolute Gasteiger partial charge is 1.00 e. The van der Waals surface area contributed by atoms with Gasteiger partial charge in [0.1, 0.15) is 6.61 Å². The molecule has 142 valence electrons. The van der Waals surface area contributed by atoms with Crippen LogP contribution < -0.4 is 27.2 Å². The summed E-state index contributed by atoms with van der Waals surface area (Å²) in [7, 11) is 0. The maximum absolute atomic E-state index is 5.95. The van der Waals surface area contributed by atoms with E-state index in [9.17, 15) is 0 Å². The minimum atomic E-state index is 0. The summed E-state index contributed by atoms with van der Waals surface area (Å²) in [6.07, 6.45) is 3.62. The average molecular weight is 384 g/mol. The van der Waals surface area contributed by atoms with Crippen molar-refractivity contribution in [2.24, 2.45) is 0 Å². The summed E-state index contributed by atoms with van der Waals surface area (Å²) >= 11 is 0. The molecule has 3 rings (SSSR count). The van der Waals surface area contributed by atoms with Gasteiger partial charge in [0, 0.05) is 25.5 Å². The Bertz CT molecular complexity index is 798. The molecular formula is C22H24ClN2O2-. The van der Waals surface area contributed by atoms with E-state index in [1.165, 1.54) is 5.56 Å². The maximum atomic E-state index is 5.95. The van der Waals surface area contributed by atoms with Crippen LogP contribution in [0.2, 0.25) is 0 Å². The number of hydrogen-bond donors (Lipinski definition) is 1. The van der Waals surface area contributed by atoms with Gasteiger partial charge >= 0.3 is 0 Å². The second-order valence-electron chi connectivity index (χ2n) is 5.95. The van der Waals surface area contributed by atoms with Crippen molar-refractivity contribution in [1.29, 1.82) is 0 Å². The van der Waals surface area contributed by atoms with E-state index in [2.05, 4.69) is 28.5 Å². The summed E-state index contributed by atoms with van der Waals surface area (Å²) in [5.74, 6) is 1.56. The second-order valence-corrected chi connectivity index (χ2v) is 5.95. The monoisotopic (exact) mass is 383 g/mol. The molecule has 0 spiro atoms. The number of nitrogens with zero attached hydrogens (tertiary/aromatic N) is 1. The van der Waals surface area contributed by atoms with Crippen molar-refractivity contribution in [2.75, 3.05) is 6.61 Å². The predicted molar refractivity (Wildman–Crippen MR) is 103 cm³/mol. The van der Waals surface area contributed by atoms with E-state index in [0.29, 0.717) is 13.2 Å². The molecule has 4 nitrogen and oxygen atoms in total. The van der Waals surface area contributed by atoms with Crippen molar-refractivity contribution in [2.45, 2.75) is 26.6 Å². The van der Waals surface area contributed by atoms with Crippen molar-refractivity contribution in [3.05, 3.63) is 89.7 Å². The third kappa shape index (κ3) is 6.59. The van der Waals surface area contributed by atoms with Crippen LogP contribution in [0.3, 0.4) is 0 Å². The number of rotatable bonds is 9. The van der Waals surface area contributed by atoms with Crippen LogP contribution in [-0.4, -0.2) is 11.6 Å². The smallest absolute Gasteiger partial charge is 0.161 e. The van der Waals surface area contributed by atoms with Crippen LogP contribution in [0.4, 0.5) is 0 Å². The van der Waals surface area contributed by atoms with E-state index in [0.717, 1.165) is 35.7 Å². The van der Waals surface area contributed by atoms with Gasteiger partial charge in [0.05, 0.1) is 6.61 Å². The molecule has 2 aromatic carbocycles. The topological polar surface area (TPSA) is 43.4 Å². The van der Waals surface area contributed by atoms with E-state index in [4.69, 9.17) is 9.47 Å². The lowest BCUT2D eigenvalue weighted by Crippen LogP contribution is -3.00. The van der Waals surface area contributed by atoms with E-state index < -0.39 is 0 Å². The highest BCUT2D eigenvalue weighted by atomic mass is 35.5. The van der Waals surface area contributed by atoms with Crippen molar-refractivity contribution < 1.29 is 21.9 Å². The fraction of sp³-hybridized carbons (Fsp3) is 0.227. The quantitative estimate of drug-likeness (QED) is 0.606. The van der Waals surface area contributed by atoms with Gasteiger partial charge in [-0.2, -0.15) is 0 Å². The van der Waals surface area contributed by atoms with Crippen molar-refractivity contribution in [3.63, 3.8) is 0 Å². The van der Waals surface area contributed by atoms with Crippen LogP contribution in [0.25, 0.3) is 0 Å². The lowest BCUT2D eigenvalue weighted by atomic mass is 10.2. The first kappa shape index (κ1) is 20.7. The van der Waals surface area contributed by atoms with Gasteiger partial charge in [0.2, 0.25) is 0 Å². The molecule has 27 heavy (non-hydrogen) atoms. The number of hydrogen-bond acceptors (Lipinski definition) is 4. The molecule has 1 heterocycles. The molecule has 0 aliphatic rings. The molecule has 0 radical (unpaired) electrons.